The molecule has 1 aromatic heterocycles. The van der Waals surface area contributed by atoms with E-state index in [-0.39, 0.29) is 5.84 Å². The standard InChI is InChI=1S/C13H13N3O2/c1-17-10-2-4-11(5-3-10)18-12-8-9(13(14)15)6-7-16-12/h2-8H,1H3,(H3,14,15). The van der Waals surface area contributed by atoms with E-state index in [2.05, 4.69) is 4.98 Å². The largest absolute Gasteiger partial charge is 0.497 e. The van der Waals surface area contributed by atoms with Crippen molar-refractivity contribution in [1.29, 1.82) is 5.41 Å². The van der Waals surface area contributed by atoms with Crippen LogP contribution in [-0.2, 0) is 0 Å². The highest BCUT2D eigenvalue weighted by Gasteiger charge is 2.02. The molecule has 0 saturated heterocycles. The Morgan fingerprint density at radius 2 is 1.83 bits per heavy atom. The Kier molecular flexibility index (Phi) is 3.43. The van der Waals surface area contributed by atoms with Crippen LogP contribution in [0.1, 0.15) is 5.56 Å². The second-order valence-electron chi connectivity index (χ2n) is 3.57. The number of benzene rings is 1. The Bertz CT molecular complexity index is 552. The van der Waals surface area contributed by atoms with Gasteiger partial charge in [0, 0.05) is 17.8 Å². The van der Waals surface area contributed by atoms with Crippen LogP contribution in [0.25, 0.3) is 0 Å². The van der Waals surface area contributed by atoms with E-state index in [4.69, 9.17) is 20.6 Å². The zero-order valence-corrected chi connectivity index (χ0v) is 9.88. The number of hydrogen-bond acceptors (Lipinski definition) is 4. The zero-order chi connectivity index (χ0) is 13.0. The average molecular weight is 243 g/mol. The Labute approximate surface area is 105 Å². The molecule has 0 radical (unpaired) electrons. The lowest BCUT2D eigenvalue weighted by Gasteiger charge is -2.06. The fourth-order valence-corrected chi connectivity index (χ4v) is 1.40. The summed E-state index contributed by atoms with van der Waals surface area (Å²) in [5, 5.41) is 7.34. The summed E-state index contributed by atoms with van der Waals surface area (Å²) in [4.78, 5) is 4.05. The maximum Gasteiger partial charge on any atom is 0.219 e. The number of pyridine rings is 1. The van der Waals surface area contributed by atoms with Crippen molar-refractivity contribution in [3.8, 4) is 17.4 Å². The lowest BCUT2D eigenvalue weighted by Crippen LogP contribution is -2.11. The van der Waals surface area contributed by atoms with Gasteiger partial charge in [-0.25, -0.2) is 4.98 Å². The maximum atomic E-state index is 7.34. The van der Waals surface area contributed by atoms with Gasteiger partial charge < -0.3 is 15.2 Å². The second-order valence-corrected chi connectivity index (χ2v) is 3.57. The third-order valence-corrected chi connectivity index (χ3v) is 2.33. The minimum absolute atomic E-state index is 0.0167. The highest BCUT2D eigenvalue weighted by molar-refractivity contribution is 5.95. The number of methoxy groups -OCH3 is 1. The van der Waals surface area contributed by atoms with Gasteiger partial charge in [-0.2, -0.15) is 0 Å². The Balaban J connectivity index is 2.17. The van der Waals surface area contributed by atoms with Gasteiger partial charge in [-0.1, -0.05) is 0 Å². The molecular weight excluding hydrogens is 230 g/mol. The molecule has 0 aliphatic carbocycles. The van der Waals surface area contributed by atoms with Crippen LogP contribution in [-0.4, -0.2) is 17.9 Å². The van der Waals surface area contributed by atoms with Gasteiger partial charge >= 0.3 is 0 Å². The van der Waals surface area contributed by atoms with Crippen molar-refractivity contribution in [2.24, 2.45) is 5.73 Å². The number of nitrogens with one attached hydrogen (secondary N) is 1. The van der Waals surface area contributed by atoms with E-state index >= 15 is 0 Å². The Morgan fingerprint density at radius 3 is 2.44 bits per heavy atom. The van der Waals surface area contributed by atoms with Gasteiger partial charge in [-0.15, -0.1) is 0 Å². The highest BCUT2D eigenvalue weighted by Crippen LogP contribution is 2.22. The van der Waals surface area contributed by atoms with Crippen molar-refractivity contribution in [3.05, 3.63) is 48.2 Å². The summed E-state index contributed by atoms with van der Waals surface area (Å²) < 4.78 is 10.6. The van der Waals surface area contributed by atoms with E-state index in [1.54, 1.807) is 49.7 Å². The van der Waals surface area contributed by atoms with Crippen molar-refractivity contribution in [2.45, 2.75) is 0 Å². The van der Waals surface area contributed by atoms with Gasteiger partial charge in [-0.05, 0) is 30.3 Å². The van der Waals surface area contributed by atoms with Crippen LogP contribution in [0, 0.1) is 5.41 Å². The number of hydrogen-bond donors (Lipinski definition) is 2. The van der Waals surface area contributed by atoms with Crippen LogP contribution in [0.5, 0.6) is 17.4 Å². The summed E-state index contributed by atoms with van der Waals surface area (Å²) >= 11 is 0. The van der Waals surface area contributed by atoms with Gasteiger partial charge in [-0.3, -0.25) is 5.41 Å². The predicted molar refractivity (Wildman–Crippen MR) is 68.3 cm³/mol. The summed E-state index contributed by atoms with van der Waals surface area (Å²) in [5.74, 6) is 1.78. The molecule has 18 heavy (non-hydrogen) atoms. The van der Waals surface area contributed by atoms with Gasteiger partial charge in [0.1, 0.15) is 17.3 Å². The molecule has 2 aromatic rings. The first-order chi connectivity index (χ1) is 8.69. The number of aromatic nitrogens is 1. The third kappa shape index (κ3) is 2.76. The fourth-order valence-electron chi connectivity index (χ4n) is 1.40. The smallest absolute Gasteiger partial charge is 0.219 e. The van der Waals surface area contributed by atoms with Crippen LogP contribution in [0.2, 0.25) is 0 Å². The molecule has 2 rings (SSSR count). The number of nitrogen functional groups attached to an aromatic ring is 1. The molecule has 0 fully saturated rings. The molecule has 0 saturated carbocycles. The first-order valence-electron chi connectivity index (χ1n) is 5.31. The first-order valence-corrected chi connectivity index (χ1v) is 5.31. The summed E-state index contributed by atoms with van der Waals surface area (Å²) in [6.45, 7) is 0. The minimum atomic E-state index is -0.0167. The van der Waals surface area contributed by atoms with Crippen molar-refractivity contribution < 1.29 is 9.47 Å². The minimum Gasteiger partial charge on any atom is -0.497 e. The topological polar surface area (TPSA) is 81.2 Å². The van der Waals surface area contributed by atoms with Crippen molar-refractivity contribution in [3.63, 3.8) is 0 Å². The van der Waals surface area contributed by atoms with E-state index < -0.39 is 0 Å². The summed E-state index contributed by atoms with van der Waals surface area (Å²) in [6, 6.07) is 10.4. The molecule has 5 heteroatoms. The molecule has 0 aliphatic rings. The highest BCUT2D eigenvalue weighted by atomic mass is 16.5. The van der Waals surface area contributed by atoms with Crippen LogP contribution in [0.4, 0.5) is 0 Å². The van der Waals surface area contributed by atoms with Gasteiger partial charge in [0.15, 0.2) is 0 Å². The molecule has 1 heterocycles. The molecule has 0 aliphatic heterocycles. The molecule has 92 valence electrons. The lowest BCUT2D eigenvalue weighted by atomic mass is 10.2. The molecule has 0 atom stereocenters. The van der Waals surface area contributed by atoms with Crippen LogP contribution in [0.15, 0.2) is 42.6 Å². The molecule has 5 nitrogen and oxygen atoms in total. The average Bonchev–Trinajstić information content (AvgIpc) is 2.40. The van der Waals surface area contributed by atoms with E-state index in [9.17, 15) is 0 Å². The number of nitrogens with zero attached hydrogens (tertiary/aromatic N) is 1. The molecule has 0 spiro atoms. The normalized spacial score (nSPS) is 9.83. The fraction of sp³-hybridized carbons (Fsp3) is 0.0769. The summed E-state index contributed by atoms with van der Waals surface area (Å²) in [6.07, 6.45) is 1.55. The summed E-state index contributed by atoms with van der Waals surface area (Å²) in [7, 11) is 1.60. The summed E-state index contributed by atoms with van der Waals surface area (Å²) in [5.41, 5.74) is 5.97. The van der Waals surface area contributed by atoms with E-state index in [1.807, 2.05) is 0 Å². The third-order valence-electron chi connectivity index (χ3n) is 2.33. The Hall–Kier alpha value is -2.56. The number of amidine groups is 1. The van der Waals surface area contributed by atoms with Crippen LogP contribution in [0.3, 0.4) is 0 Å². The van der Waals surface area contributed by atoms with Crippen LogP contribution >= 0.6 is 0 Å². The van der Waals surface area contributed by atoms with Gasteiger partial charge in [0.05, 0.1) is 7.11 Å². The van der Waals surface area contributed by atoms with E-state index in [1.165, 1.54) is 0 Å². The Morgan fingerprint density at radius 1 is 1.17 bits per heavy atom. The van der Waals surface area contributed by atoms with Gasteiger partial charge in [0.2, 0.25) is 5.88 Å². The van der Waals surface area contributed by atoms with Crippen molar-refractivity contribution >= 4 is 5.84 Å². The van der Waals surface area contributed by atoms with E-state index in [0.29, 0.717) is 17.2 Å². The number of rotatable bonds is 4. The van der Waals surface area contributed by atoms with E-state index in [0.717, 1.165) is 5.75 Å². The molecular formula is C13H13N3O2. The molecule has 0 amide bonds. The second kappa shape index (κ2) is 5.18. The zero-order valence-electron chi connectivity index (χ0n) is 9.88. The molecule has 0 unspecified atom stereocenters. The molecule has 3 N–H and O–H groups in total. The predicted octanol–water partition coefficient (Wildman–Crippen LogP) is 2.17. The monoisotopic (exact) mass is 243 g/mol. The lowest BCUT2D eigenvalue weighted by molar-refractivity contribution is 0.412. The first kappa shape index (κ1) is 11.9. The molecule has 1 aromatic carbocycles. The van der Waals surface area contributed by atoms with Crippen molar-refractivity contribution in [1.82, 2.24) is 4.98 Å². The van der Waals surface area contributed by atoms with Gasteiger partial charge in [0.25, 0.3) is 0 Å². The quantitative estimate of drug-likeness (QED) is 0.637. The molecule has 0 bridgehead atoms. The SMILES string of the molecule is COc1ccc(Oc2cc(C(=N)N)ccn2)cc1. The van der Waals surface area contributed by atoms with Crippen LogP contribution < -0.4 is 15.2 Å². The van der Waals surface area contributed by atoms with Crippen molar-refractivity contribution in [2.75, 3.05) is 7.11 Å². The number of nitrogens with two attached hydrogens (primary N) is 1. The number of ether oxygens (including phenoxy) is 2. The maximum absolute atomic E-state index is 7.34.